The molecule has 2 N–H and O–H groups in total. The second kappa shape index (κ2) is 32.2. The van der Waals surface area contributed by atoms with Crippen molar-refractivity contribution in [1.29, 1.82) is 0 Å². The molecule has 0 heterocycles. The predicted octanol–water partition coefficient (Wildman–Crippen LogP) is 11.5. The molecule has 0 aliphatic rings. The Hall–Kier alpha value is -1.32. The van der Waals surface area contributed by atoms with Gasteiger partial charge in [0.15, 0.2) is 0 Å². The van der Waals surface area contributed by atoms with Crippen LogP contribution in [0, 0.1) is 0 Å². The molecular formula is C36H69NO3. The van der Waals surface area contributed by atoms with Crippen LogP contribution in [-0.4, -0.2) is 23.0 Å². The summed E-state index contributed by atoms with van der Waals surface area (Å²) in [4.78, 5) is 23.3. The lowest BCUT2D eigenvalue weighted by molar-refractivity contribution is -0.137. The molecule has 0 spiro atoms. The molecule has 0 radical (unpaired) electrons. The zero-order valence-corrected chi connectivity index (χ0v) is 27.0. The Balaban J connectivity index is 3.93. The van der Waals surface area contributed by atoms with Crippen molar-refractivity contribution < 1.29 is 14.7 Å². The summed E-state index contributed by atoms with van der Waals surface area (Å²) in [6.45, 7) is 4.53. The fourth-order valence-electron chi connectivity index (χ4n) is 5.49. The van der Waals surface area contributed by atoms with E-state index in [2.05, 4.69) is 31.3 Å². The van der Waals surface area contributed by atoms with Crippen LogP contribution in [0.2, 0.25) is 0 Å². The lowest BCUT2D eigenvalue weighted by atomic mass is 9.99. The van der Waals surface area contributed by atoms with Gasteiger partial charge in [-0.3, -0.25) is 9.59 Å². The minimum Gasteiger partial charge on any atom is -0.481 e. The average Bonchev–Trinajstić information content (AvgIpc) is 2.93. The summed E-state index contributed by atoms with van der Waals surface area (Å²) >= 11 is 0. The molecule has 4 nitrogen and oxygen atoms in total. The molecule has 0 aromatic rings. The molecule has 1 atom stereocenters. The van der Waals surface area contributed by atoms with Gasteiger partial charge in [0.1, 0.15) is 0 Å². The van der Waals surface area contributed by atoms with Gasteiger partial charge in [-0.1, -0.05) is 148 Å². The molecule has 0 saturated heterocycles. The molecule has 40 heavy (non-hydrogen) atoms. The highest BCUT2D eigenvalue weighted by molar-refractivity contribution is 5.76. The predicted molar refractivity (Wildman–Crippen MR) is 174 cm³/mol. The lowest BCUT2D eigenvalue weighted by Crippen LogP contribution is -2.34. The van der Waals surface area contributed by atoms with E-state index >= 15 is 0 Å². The highest BCUT2D eigenvalue weighted by Crippen LogP contribution is 2.16. The molecule has 1 unspecified atom stereocenters. The SMILES string of the molecule is CCCCCCCC/C=C\CCCCCCCC(=O)NC(CCCCCCCC)CCCCCCCCC(=O)O. The number of hydrogen-bond donors (Lipinski definition) is 2. The highest BCUT2D eigenvalue weighted by atomic mass is 16.4. The standard InChI is InChI=1S/C36H69NO3/c1-3-5-7-9-11-12-13-14-15-16-17-18-19-24-28-32-35(38)37-34(30-26-22-10-8-6-4-2)31-27-23-20-21-25-29-33-36(39)40/h14-15,34H,3-13,16-33H2,1-2H3,(H,37,38)(H,39,40)/b15-14-. The van der Waals surface area contributed by atoms with Crippen LogP contribution >= 0.6 is 0 Å². The summed E-state index contributed by atoms with van der Waals surface area (Å²) < 4.78 is 0. The van der Waals surface area contributed by atoms with Crippen molar-refractivity contribution >= 4 is 11.9 Å². The molecule has 0 aliphatic carbocycles. The quantitative estimate of drug-likeness (QED) is 0.0631. The van der Waals surface area contributed by atoms with Crippen LogP contribution in [0.5, 0.6) is 0 Å². The monoisotopic (exact) mass is 564 g/mol. The van der Waals surface area contributed by atoms with Crippen LogP contribution in [0.15, 0.2) is 12.2 Å². The van der Waals surface area contributed by atoms with Gasteiger partial charge in [0.2, 0.25) is 5.91 Å². The first-order chi connectivity index (χ1) is 19.6. The largest absolute Gasteiger partial charge is 0.481 e. The van der Waals surface area contributed by atoms with Gasteiger partial charge in [-0.25, -0.2) is 0 Å². The number of carbonyl (C=O) groups excluding carboxylic acids is 1. The molecule has 0 bridgehead atoms. The van der Waals surface area contributed by atoms with E-state index < -0.39 is 5.97 Å². The van der Waals surface area contributed by atoms with E-state index in [0.717, 1.165) is 44.9 Å². The third-order valence-electron chi connectivity index (χ3n) is 8.13. The van der Waals surface area contributed by atoms with Crippen molar-refractivity contribution in [3.8, 4) is 0 Å². The minimum absolute atomic E-state index is 0.252. The molecule has 0 aliphatic heterocycles. The Morgan fingerprint density at radius 3 is 1.35 bits per heavy atom. The van der Waals surface area contributed by atoms with Crippen LogP contribution in [0.4, 0.5) is 0 Å². The fraction of sp³-hybridized carbons (Fsp3) is 0.889. The highest BCUT2D eigenvalue weighted by Gasteiger charge is 2.12. The van der Waals surface area contributed by atoms with E-state index in [1.165, 1.54) is 128 Å². The van der Waals surface area contributed by atoms with Gasteiger partial charge in [0.25, 0.3) is 0 Å². The van der Waals surface area contributed by atoms with Crippen molar-refractivity contribution in [1.82, 2.24) is 5.32 Å². The maximum atomic E-state index is 12.7. The van der Waals surface area contributed by atoms with Crippen molar-refractivity contribution in [3.63, 3.8) is 0 Å². The number of carbonyl (C=O) groups is 2. The molecule has 0 fully saturated rings. The number of allylic oxidation sites excluding steroid dienone is 2. The molecule has 0 aromatic heterocycles. The van der Waals surface area contributed by atoms with Crippen LogP contribution in [0.25, 0.3) is 0 Å². The van der Waals surface area contributed by atoms with Crippen molar-refractivity contribution in [2.45, 2.75) is 206 Å². The number of aliphatic carboxylic acids is 1. The Kier molecular flexibility index (Phi) is 31.1. The van der Waals surface area contributed by atoms with E-state index in [1.807, 2.05) is 0 Å². The minimum atomic E-state index is -0.685. The van der Waals surface area contributed by atoms with Crippen LogP contribution in [0.3, 0.4) is 0 Å². The molecule has 0 saturated carbocycles. The normalized spacial score (nSPS) is 12.2. The molecule has 0 rings (SSSR count). The van der Waals surface area contributed by atoms with Gasteiger partial charge < -0.3 is 10.4 Å². The zero-order chi connectivity index (χ0) is 29.4. The second-order valence-corrected chi connectivity index (χ2v) is 12.2. The van der Waals surface area contributed by atoms with Gasteiger partial charge in [0.05, 0.1) is 0 Å². The number of carboxylic acid groups (broad SMARTS) is 1. The average molecular weight is 564 g/mol. The van der Waals surface area contributed by atoms with Gasteiger partial charge in [-0.05, 0) is 51.4 Å². The summed E-state index contributed by atoms with van der Waals surface area (Å²) in [5.74, 6) is -0.433. The first-order valence-corrected chi connectivity index (χ1v) is 17.8. The zero-order valence-electron chi connectivity index (χ0n) is 27.0. The van der Waals surface area contributed by atoms with Crippen LogP contribution < -0.4 is 5.32 Å². The molecule has 1 amide bonds. The Morgan fingerprint density at radius 2 is 0.900 bits per heavy atom. The first kappa shape index (κ1) is 38.7. The second-order valence-electron chi connectivity index (χ2n) is 12.2. The van der Waals surface area contributed by atoms with Gasteiger partial charge >= 0.3 is 5.97 Å². The van der Waals surface area contributed by atoms with E-state index in [-0.39, 0.29) is 5.91 Å². The van der Waals surface area contributed by atoms with E-state index in [9.17, 15) is 9.59 Å². The first-order valence-electron chi connectivity index (χ1n) is 17.8. The fourth-order valence-corrected chi connectivity index (χ4v) is 5.49. The lowest BCUT2D eigenvalue weighted by Gasteiger charge is -2.19. The van der Waals surface area contributed by atoms with E-state index in [1.54, 1.807) is 0 Å². The van der Waals surface area contributed by atoms with Crippen LogP contribution in [0.1, 0.15) is 200 Å². The van der Waals surface area contributed by atoms with E-state index in [0.29, 0.717) is 18.9 Å². The number of hydrogen-bond acceptors (Lipinski definition) is 2. The van der Waals surface area contributed by atoms with Crippen molar-refractivity contribution in [2.24, 2.45) is 0 Å². The summed E-state index contributed by atoms with van der Waals surface area (Å²) in [5, 5.41) is 12.1. The van der Waals surface area contributed by atoms with Crippen LogP contribution in [-0.2, 0) is 9.59 Å². The number of amides is 1. The molecule has 0 aromatic carbocycles. The number of rotatable bonds is 32. The van der Waals surface area contributed by atoms with Gasteiger partial charge in [-0.15, -0.1) is 0 Å². The van der Waals surface area contributed by atoms with Gasteiger partial charge in [0, 0.05) is 18.9 Å². The Morgan fingerprint density at radius 1 is 0.525 bits per heavy atom. The maximum Gasteiger partial charge on any atom is 0.303 e. The summed E-state index contributed by atoms with van der Waals surface area (Å²) in [6, 6.07) is 0.328. The summed E-state index contributed by atoms with van der Waals surface area (Å²) in [6.07, 6.45) is 38.8. The number of nitrogens with one attached hydrogen (secondary N) is 1. The maximum absolute atomic E-state index is 12.7. The van der Waals surface area contributed by atoms with E-state index in [4.69, 9.17) is 5.11 Å². The summed E-state index contributed by atoms with van der Waals surface area (Å²) in [7, 11) is 0. The Bertz CT molecular complexity index is 574. The molecule has 4 heteroatoms. The summed E-state index contributed by atoms with van der Waals surface area (Å²) in [5.41, 5.74) is 0. The number of carboxylic acids is 1. The molecule has 236 valence electrons. The smallest absolute Gasteiger partial charge is 0.303 e. The Labute approximate surface area is 249 Å². The van der Waals surface area contributed by atoms with Crippen molar-refractivity contribution in [3.05, 3.63) is 12.2 Å². The molecular weight excluding hydrogens is 494 g/mol. The number of unbranched alkanes of at least 4 members (excludes halogenated alkanes) is 21. The van der Waals surface area contributed by atoms with Crippen molar-refractivity contribution in [2.75, 3.05) is 0 Å². The third-order valence-corrected chi connectivity index (χ3v) is 8.13. The van der Waals surface area contributed by atoms with Gasteiger partial charge in [-0.2, -0.15) is 0 Å². The topological polar surface area (TPSA) is 66.4 Å². The third kappa shape index (κ3) is 31.2.